The van der Waals surface area contributed by atoms with Crippen LogP contribution in [-0.4, -0.2) is 16.2 Å². The van der Waals surface area contributed by atoms with Gasteiger partial charge in [0, 0.05) is 0 Å². The molecule has 0 saturated heterocycles. The van der Waals surface area contributed by atoms with Gasteiger partial charge in [0.25, 0.3) is 0 Å². The second kappa shape index (κ2) is 8.53. The molecule has 1 aromatic rings. The zero-order valence-electron chi connectivity index (χ0n) is 9.39. The normalized spacial score (nSPS) is 13.3. The van der Waals surface area contributed by atoms with Gasteiger partial charge < -0.3 is 5.73 Å². The number of carbonyl (C=O) groups is 2. The van der Waals surface area contributed by atoms with Crippen LogP contribution in [0.1, 0.15) is 0 Å². The summed E-state index contributed by atoms with van der Waals surface area (Å²) in [5, 5.41) is 2.84. The Kier molecular flexibility index (Phi) is 7.84. The van der Waals surface area contributed by atoms with Gasteiger partial charge in [-0.1, -0.05) is 0 Å². The van der Waals surface area contributed by atoms with E-state index in [1.807, 2.05) is 17.5 Å². The fourth-order valence-electron chi connectivity index (χ4n) is 0.731. The molecule has 0 aromatic carbocycles. The molecule has 1 aliphatic carbocycles. The van der Waals surface area contributed by atoms with Crippen molar-refractivity contribution in [1.82, 2.24) is 0 Å². The minimum absolute atomic E-state index is 0.121. The predicted molar refractivity (Wildman–Crippen MR) is 59.2 cm³/mol. The Morgan fingerprint density at radius 2 is 1.42 bits per heavy atom. The Balaban J connectivity index is 0.000000265. The molecule has 9 heteroatoms. The van der Waals surface area contributed by atoms with Gasteiger partial charge in [0.1, 0.15) is 0 Å². The first-order valence-electron chi connectivity index (χ1n) is 4.55. The minimum Gasteiger partial charge on any atom is -0.391 e. The van der Waals surface area contributed by atoms with Gasteiger partial charge in [0.05, 0.1) is 19.9 Å². The minimum atomic E-state index is -4.69. The number of rotatable bonds is 0. The molecule has 0 fully saturated rings. The second-order valence-electron chi connectivity index (χ2n) is 2.88. The monoisotopic (exact) mass is 307 g/mol. The third kappa shape index (κ3) is 14.4. The summed E-state index contributed by atoms with van der Waals surface area (Å²) in [5.41, 5.74) is 5.30. The summed E-state index contributed by atoms with van der Waals surface area (Å²) in [4.78, 5) is 20.6. The van der Waals surface area contributed by atoms with Gasteiger partial charge in [-0.25, -0.2) is 0 Å². The van der Waals surface area contributed by atoms with Crippen molar-refractivity contribution < 1.29 is 38.5 Å². The van der Waals surface area contributed by atoms with Gasteiger partial charge >= 0.3 is 0 Å². The van der Waals surface area contributed by atoms with Crippen molar-refractivity contribution in [3.05, 3.63) is 41.8 Å². The van der Waals surface area contributed by atoms with E-state index in [-0.39, 0.29) is 11.6 Å². The number of ketones is 2. The van der Waals surface area contributed by atoms with Crippen molar-refractivity contribution >= 4 is 27.9 Å². The van der Waals surface area contributed by atoms with Gasteiger partial charge in [0.15, 0.2) is 11.6 Å². The summed E-state index contributed by atoms with van der Waals surface area (Å²) in [6, 6.07) is 3.81. The third-order valence-corrected chi connectivity index (χ3v) is 2.07. The first-order chi connectivity index (χ1) is 8.68. The van der Waals surface area contributed by atoms with Crippen LogP contribution in [0.25, 0.3) is 0 Å². The number of anilines is 1. The van der Waals surface area contributed by atoms with Crippen molar-refractivity contribution in [2.45, 2.75) is 0 Å². The zero-order chi connectivity index (χ0) is 14.9. The molecule has 2 rings (SSSR count). The van der Waals surface area contributed by atoms with Crippen molar-refractivity contribution in [3.8, 4) is 0 Å². The Labute approximate surface area is 114 Å². The lowest BCUT2D eigenvalue weighted by atomic mass is 10.2. The number of halogens is 1. The standard InChI is InChI=1S/C6H4O2.C4H5NS.ClHO4/c7-5-1-2-6(8)4-3-5;5-4-2-1-3-6-4;2-1(3,4)5/h1-4H;1-3H,5H2;(H,2,3,4,5). The second-order valence-corrected chi connectivity index (χ2v) is 4.65. The van der Waals surface area contributed by atoms with Crippen LogP contribution in [0.3, 0.4) is 0 Å². The molecule has 19 heavy (non-hydrogen) atoms. The fraction of sp³-hybridized carbons (Fsp3) is 0. The van der Waals surface area contributed by atoms with Gasteiger partial charge in [0.2, 0.25) is 0 Å². The van der Waals surface area contributed by atoms with E-state index < -0.39 is 10.2 Å². The van der Waals surface area contributed by atoms with E-state index in [1.165, 1.54) is 24.3 Å². The first kappa shape index (κ1) is 17.4. The van der Waals surface area contributed by atoms with Crippen LogP contribution in [0.15, 0.2) is 41.8 Å². The van der Waals surface area contributed by atoms with Gasteiger partial charge in [-0.3, -0.25) is 9.59 Å². The quantitative estimate of drug-likeness (QED) is 0.501. The van der Waals surface area contributed by atoms with E-state index >= 15 is 0 Å². The van der Waals surface area contributed by atoms with E-state index in [0.717, 1.165) is 5.00 Å². The average Bonchev–Trinajstić information content (AvgIpc) is 2.72. The number of hydrogen-bond donors (Lipinski definition) is 2. The van der Waals surface area contributed by atoms with Crippen molar-refractivity contribution in [2.24, 2.45) is 0 Å². The molecule has 3 N–H and O–H groups in total. The smallest absolute Gasteiger partial charge is 0.178 e. The van der Waals surface area contributed by atoms with Crippen molar-refractivity contribution in [2.75, 3.05) is 5.73 Å². The predicted octanol–water partition coefficient (Wildman–Crippen LogP) is -2.54. The topological polar surface area (TPSA) is 150 Å². The molecule has 0 atom stereocenters. The maximum absolute atomic E-state index is 10.3. The maximum atomic E-state index is 10.3. The van der Waals surface area contributed by atoms with E-state index in [2.05, 4.69) is 0 Å². The van der Waals surface area contributed by atoms with Gasteiger partial charge in [-0.15, -0.1) is 11.3 Å². The molecule has 0 radical (unpaired) electrons. The molecule has 0 unspecified atom stereocenters. The first-order valence-corrected chi connectivity index (χ1v) is 6.69. The molecular weight excluding hydrogens is 298 g/mol. The summed E-state index contributed by atoms with van der Waals surface area (Å²) in [6.07, 6.45) is 5.01. The summed E-state index contributed by atoms with van der Waals surface area (Å²) >= 11 is 1.56. The SMILES string of the molecule is Nc1cccs1.O=C1C=CC(=O)C=C1.[O-][Cl+3]([O-])([O-])O. The Hall–Kier alpha value is -1.55. The van der Waals surface area contributed by atoms with Crippen molar-refractivity contribution in [1.29, 1.82) is 0 Å². The molecule has 1 aromatic heterocycles. The maximum Gasteiger partial charge on any atom is 0.178 e. The summed E-state index contributed by atoms with van der Waals surface area (Å²) < 4.78 is 32.7. The van der Waals surface area contributed by atoms with Crippen LogP contribution >= 0.6 is 11.3 Å². The van der Waals surface area contributed by atoms with Crippen LogP contribution in [0, 0.1) is 10.2 Å². The third-order valence-electron chi connectivity index (χ3n) is 1.37. The lowest BCUT2D eigenvalue weighted by molar-refractivity contribution is -1.92. The highest BCUT2D eigenvalue weighted by atomic mass is 35.7. The van der Waals surface area contributed by atoms with E-state index in [9.17, 15) is 9.59 Å². The van der Waals surface area contributed by atoms with Gasteiger partial charge in [-0.2, -0.15) is 14.0 Å². The number of nitrogens with two attached hydrogens (primary N) is 1. The molecular formula is C10H10ClNO6S. The van der Waals surface area contributed by atoms with Crippen LogP contribution in [0.4, 0.5) is 5.00 Å². The molecule has 0 aliphatic heterocycles. The summed E-state index contributed by atoms with van der Waals surface area (Å²) in [6.45, 7) is 0. The number of thiophene rings is 1. The number of hydrogen-bond acceptors (Lipinski definition) is 8. The molecule has 1 heterocycles. The highest BCUT2D eigenvalue weighted by Crippen LogP contribution is 2.07. The molecule has 1 aliphatic rings. The Morgan fingerprint density at radius 1 is 1.05 bits per heavy atom. The lowest BCUT2D eigenvalue weighted by Crippen LogP contribution is -2.58. The molecule has 0 spiro atoms. The highest BCUT2D eigenvalue weighted by molar-refractivity contribution is 7.13. The van der Waals surface area contributed by atoms with E-state index in [4.69, 9.17) is 24.4 Å². The van der Waals surface area contributed by atoms with Crippen LogP contribution in [0.5, 0.6) is 0 Å². The Bertz CT molecular complexity index is 419. The van der Waals surface area contributed by atoms with Crippen LogP contribution in [-0.2, 0) is 9.59 Å². The van der Waals surface area contributed by atoms with E-state index in [1.54, 1.807) is 11.3 Å². The molecule has 104 valence electrons. The van der Waals surface area contributed by atoms with Crippen LogP contribution < -0.4 is 19.7 Å². The fourth-order valence-corrected chi connectivity index (χ4v) is 1.20. The van der Waals surface area contributed by atoms with Crippen molar-refractivity contribution in [3.63, 3.8) is 0 Å². The molecule has 0 bridgehead atoms. The molecule has 7 nitrogen and oxygen atoms in total. The summed E-state index contributed by atoms with van der Waals surface area (Å²) in [5.74, 6) is -0.241. The largest absolute Gasteiger partial charge is 0.391 e. The molecule has 0 amide bonds. The number of allylic oxidation sites excluding steroid dienone is 4. The lowest BCUT2D eigenvalue weighted by Gasteiger charge is -2.03. The number of nitrogen functional groups attached to an aromatic ring is 1. The number of carbonyl (C=O) groups excluding carboxylic acids is 2. The molecule has 0 saturated carbocycles. The van der Waals surface area contributed by atoms with E-state index in [0.29, 0.717) is 0 Å². The zero-order valence-corrected chi connectivity index (χ0v) is 11.0. The van der Waals surface area contributed by atoms with Gasteiger partial charge in [-0.05, 0) is 41.8 Å². The summed E-state index contributed by atoms with van der Waals surface area (Å²) in [7, 11) is -4.69. The highest BCUT2D eigenvalue weighted by Gasteiger charge is 1.99. The Morgan fingerprint density at radius 3 is 1.58 bits per heavy atom. The van der Waals surface area contributed by atoms with Crippen LogP contribution in [0.2, 0.25) is 0 Å². The average molecular weight is 308 g/mol.